The van der Waals surface area contributed by atoms with Crippen LogP contribution in [0.2, 0.25) is 0 Å². The van der Waals surface area contributed by atoms with Crippen LogP contribution in [0.25, 0.3) is 54.5 Å². The van der Waals surface area contributed by atoms with Crippen molar-refractivity contribution in [2.45, 2.75) is 105 Å². The SMILES string of the molecule is CC(C)(C)OC(=O)OC(=O)OC(C)(C)C.CC(C)(C)OC(=O)n1cc(I)c2ccccc21.CC(C)(C)OC(=O)n1cc(P(C)(C)=O)c2ccccc21.CP(C)(=O)c1c[nH]c2ccccc12.II.Ic1c[nH]c2ccccc12.c1ccc2[nH]ccc2c1. The minimum Gasteiger partial charge on any atom is -0.443 e. The first-order chi connectivity index (χ1) is 39.9. The number of fused-ring (bicyclic) bond motifs is 5. The molecule has 0 aliphatic carbocycles. The van der Waals surface area contributed by atoms with Gasteiger partial charge in [-0.05, 0) is 197 Å². The van der Waals surface area contributed by atoms with Crippen molar-refractivity contribution in [1.29, 1.82) is 0 Å². The molecule has 0 bridgehead atoms. The Kier molecular flexibility index (Phi) is 27.2. The van der Waals surface area contributed by atoms with E-state index in [9.17, 15) is 28.3 Å². The van der Waals surface area contributed by atoms with Gasteiger partial charge in [-0.15, -0.1) is 0 Å². The number of nitrogens with one attached hydrogen (secondary N) is 3. The molecule has 5 heterocycles. The summed E-state index contributed by atoms with van der Waals surface area (Å²) in [7, 11) is -4.61. The number of rotatable bonds is 2. The number of nitrogens with zero attached hydrogens (tertiary/aromatic N) is 2. The maximum Gasteiger partial charge on any atom is 0.519 e. The van der Waals surface area contributed by atoms with Gasteiger partial charge in [0.1, 0.15) is 36.7 Å². The fraction of sp³-hybridized carbons (Fsp3) is 0.312. The Balaban J connectivity index is 0.000000223. The molecule has 10 rings (SSSR count). The second-order valence-corrected chi connectivity index (χ2v) is 32.6. The van der Waals surface area contributed by atoms with Crippen molar-refractivity contribution in [1.82, 2.24) is 24.1 Å². The average molecular weight is 1660 g/mol. The van der Waals surface area contributed by atoms with Gasteiger partial charge in [-0.25, -0.2) is 19.2 Å². The van der Waals surface area contributed by atoms with Crippen LogP contribution < -0.4 is 10.6 Å². The highest BCUT2D eigenvalue weighted by Crippen LogP contribution is 2.39. The fourth-order valence-corrected chi connectivity index (χ4v) is 11.5. The van der Waals surface area contributed by atoms with Crippen LogP contribution in [0.15, 0.2) is 158 Å². The number of hydrogen-bond donors (Lipinski definition) is 3. The molecule has 462 valence electrons. The summed E-state index contributed by atoms with van der Waals surface area (Å²) in [5.74, 6) is 0. The van der Waals surface area contributed by atoms with E-state index >= 15 is 0 Å². The first kappa shape index (κ1) is 73.3. The molecule has 5 aromatic heterocycles. The monoisotopic (exact) mass is 1660 g/mol. The van der Waals surface area contributed by atoms with Gasteiger partial charge in [-0.3, -0.25) is 9.13 Å². The van der Waals surface area contributed by atoms with E-state index in [1.54, 1.807) is 85.2 Å². The Hall–Kier alpha value is -5.14. The molecule has 10 aromatic rings. The molecule has 5 aromatic carbocycles. The molecule has 0 aliphatic heterocycles. The van der Waals surface area contributed by atoms with Gasteiger partial charge in [-0.1, -0.05) is 91.0 Å². The number of benzene rings is 5. The van der Waals surface area contributed by atoms with Gasteiger partial charge in [0.15, 0.2) is 0 Å². The summed E-state index contributed by atoms with van der Waals surface area (Å²) < 4.78 is 54.1. The van der Waals surface area contributed by atoms with E-state index in [1.165, 1.54) is 29.9 Å². The summed E-state index contributed by atoms with van der Waals surface area (Å²) >= 11 is 8.78. The van der Waals surface area contributed by atoms with Crippen LogP contribution in [0.4, 0.5) is 19.2 Å². The summed E-state index contributed by atoms with van der Waals surface area (Å²) in [6.45, 7) is 28.1. The maximum atomic E-state index is 12.4. The average Bonchev–Trinajstić information content (AvgIpc) is 1.86. The Morgan fingerprint density at radius 1 is 0.419 bits per heavy atom. The number of aromatic amines is 3. The molecule has 22 heteroatoms. The van der Waals surface area contributed by atoms with E-state index in [0.29, 0.717) is 5.30 Å². The third-order valence-corrected chi connectivity index (χ3v) is 16.0. The second-order valence-electron chi connectivity index (χ2n) is 23.9. The summed E-state index contributed by atoms with van der Waals surface area (Å²) in [5.41, 5.74) is 2.65. The predicted octanol–water partition coefficient (Wildman–Crippen LogP) is 19.7. The maximum absolute atomic E-state index is 12.4. The number of H-pyrrole nitrogens is 3. The van der Waals surface area contributed by atoms with E-state index in [1.807, 2.05) is 151 Å². The normalized spacial score (nSPS) is 11.5. The number of para-hydroxylation sites is 5. The first-order valence-electron chi connectivity index (χ1n) is 26.9. The zero-order chi connectivity index (χ0) is 64.6. The molecule has 0 unspecified atom stereocenters. The molecule has 0 spiro atoms. The molecular formula is C64H77I4N5O11P2. The number of hydrogen-bond acceptors (Lipinski definition) is 11. The van der Waals surface area contributed by atoms with Crippen molar-refractivity contribution >= 4 is 186 Å². The molecule has 0 radical (unpaired) electrons. The lowest BCUT2D eigenvalue weighted by Crippen LogP contribution is -2.29. The molecule has 86 heavy (non-hydrogen) atoms. The minimum absolute atomic E-state index is 0.336. The standard InChI is InChI=1S/C15H20NO3P.C13H14INO2.C10H12NOP.C10H18O5.C8H6IN.C8H7N.I2/c1-15(2,3)19-14(17)16-10-13(20(4,5)18)11-8-6-7-9-12(11)16;1-13(2,3)17-12(16)15-8-10(14)9-6-4-5-7-11(9)15;1-13(2,12)10-7-11-9-6-4-3-5-8(9)10;1-9(2,3)14-7(11)13-8(12)15-10(4,5)6;9-7-5-10-8-4-2-1-3-6(7)8;1-2-4-8-7(3-1)5-6-9-8;1-2/h6-10H,1-5H3;4-8H,1-3H3;3-7,11H,1-2H3;1-6H3;1-5,10H;1-6,9H;. The van der Waals surface area contributed by atoms with Gasteiger partial charge in [0.25, 0.3) is 0 Å². The molecule has 0 saturated carbocycles. The Morgan fingerprint density at radius 3 is 1.27 bits per heavy atom. The van der Waals surface area contributed by atoms with Crippen LogP contribution in [-0.4, -0.2) is 97.6 Å². The molecule has 0 saturated heterocycles. The van der Waals surface area contributed by atoms with Crippen LogP contribution >= 0.6 is 96.7 Å². The van der Waals surface area contributed by atoms with Gasteiger partial charge < -0.3 is 47.8 Å². The van der Waals surface area contributed by atoms with E-state index in [0.717, 1.165) is 41.6 Å². The lowest BCUT2D eigenvalue weighted by Gasteiger charge is -2.20. The van der Waals surface area contributed by atoms with Crippen LogP contribution in [-0.2, 0) is 32.8 Å². The van der Waals surface area contributed by atoms with Crippen molar-refractivity contribution in [3.05, 3.63) is 166 Å². The van der Waals surface area contributed by atoms with Gasteiger partial charge in [0, 0.05) is 124 Å². The summed E-state index contributed by atoms with van der Waals surface area (Å²) in [4.78, 5) is 55.7. The molecule has 3 N–H and O–H groups in total. The van der Waals surface area contributed by atoms with Gasteiger partial charge in [-0.2, -0.15) is 0 Å². The largest absolute Gasteiger partial charge is 0.519 e. The van der Waals surface area contributed by atoms with Crippen LogP contribution in [0, 0.1) is 7.14 Å². The van der Waals surface area contributed by atoms with Crippen molar-refractivity contribution in [3.63, 3.8) is 0 Å². The predicted molar refractivity (Wildman–Crippen MR) is 387 cm³/mol. The molecule has 0 fully saturated rings. The zero-order valence-corrected chi connectivity index (χ0v) is 61.7. The third kappa shape index (κ3) is 23.8. The van der Waals surface area contributed by atoms with Crippen LogP contribution in [0.3, 0.4) is 0 Å². The van der Waals surface area contributed by atoms with Crippen molar-refractivity contribution in [2.24, 2.45) is 0 Å². The molecule has 0 atom stereocenters. The third-order valence-electron chi connectivity index (χ3n) is 11.2. The van der Waals surface area contributed by atoms with Crippen molar-refractivity contribution in [2.75, 3.05) is 26.7 Å². The fourth-order valence-electron chi connectivity index (χ4n) is 7.80. The molecular weight excluding hydrogens is 1580 g/mol. The minimum atomic E-state index is -2.46. The van der Waals surface area contributed by atoms with Gasteiger partial charge in [0.05, 0.1) is 11.0 Å². The van der Waals surface area contributed by atoms with Crippen molar-refractivity contribution in [3.8, 4) is 0 Å². The Labute approximate surface area is 554 Å². The van der Waals surface area contributed by atoms with Crippen LogP contribution in [0.5, 0.6) is 0 Å². The number of aromatic nitrogens is 5. The summed E-state index contributed by atoms with van der Waals surface area (Å²) in [6, 6.07) is 41.7. The number of carbonyl (C=O) groups excluding carboxylic acids is 4. The lowest BCUT2D eigenvalue weighted by molar-refractivity contribution is -0.0294. The van der Waals surface area contributed by atoms with E-state index in [-0.39, 0.29) is 6.09 Å². The first-order valence-corrected chi connectivity index (χ1v) is 40.6. The number of halogens is 4. The molecule has 0 amide bonds. The highest BCUT2D eigenvalue weighted by molar-refractivity contribution is 15.0. The Morgan fingerprint density at radius 2 is 0.802 bits per heavy atom. The zero-order valence-electron chi connectivity index (χ0n) is 51.3. The van der Waals surface area contributed by atoms with E-state index in [2.05, 4.69) is 139 Å². The number of ether oxygens (including phenoxy) is 5. The highest BCUT2D eigenvalue weighted by atomic mass is 128. The van der Waals surface area contributed by atoms with Crippen LogP contribution in [0.1, 0.15) is 83.1 Å². The lowest BCUT2D eigenvalue weighted by atomic mass is 10.2. The van der Waals surface area contributed by atoms with E-state index in [4.69, 9.17) is 18.9 Å². The quantitative estimate of drug-likeness (QED) is 0.0488. The van der Waals surface area contributed by atoms with E-state index < -0.39 is 55.1 Å². The van der Waals surface area contributed by atoms with Gasteiger partial charge in [0.2, 0.25) is 0 Å². The van der Waals surface area contributed by atoms with Crippen molar-refractivity contribution < 1.29 is 52.0 Å². The number of carbonyl (C=O) groups is 4. The summed E-state index contributed by atoms with van der Waals surface area (Å²) in [5, 5.41) is 7.23. The smallest absolute Gasteiger partial charge is 0.443 e. The summed E-state index contributed by atoms with van der Waals surface area (Å²) in [6.07, 6.45) is 6.36. The highest BCUT2D eigenvalue weighted by Gasteiger charge is 2.26. The molecule has 0 aliphatic rings. The molecule has 16 nitrogen and oxygen atoms in total. The topological polar surface area (TPSA) is 206 Å². The van der Waals surface area contributed by atoms with Gasteiger partial charge >= 0.3 is 24.5 Å². The second kappa shape index (κ2) is 31.9. The Bertz CT molecular complexity index is 3920.